The maximum absolute atomic E-state index is 5.48. The Labute approximate surface area is 139 Å². The number of nitrogens with one attached hydrogen (secondary N) is 1. The van der Waals surface area contributed by atoms with Gasteiger partial charge in [-0.05, 0) is 17.7 Å². The normalized spacial score (nSPS) is 18.3. The van der Waals surface area contributed by atoms with Crippen LogP contribution in [0.1, 0.15) is 18.4 Å². The van der Waals surface area contributed by atoms with Crippen LogP contribution in [0.25, 0.3) is 0 Å². The van der Waals surface area contributed by atoms with E-state index in [4.69, 9.17) is 4.74 Å². The second-order valence-electron chi connectivity index (χ2n) is 6.23. The molecular formula is C20H26N2O. The lowest BCUT2D eigenvalue weighted by molar-refractivity contribution is 0.0353. The number of nitrogens with zero attached hydrogens (tertiary/aromatic N) is 1. The molecule has 1 fully saturated rings. The van der Waals surface area contributed by atoms with Crippen LogP contribution in [0.5, 0.6) is 0 Å². The minimum Gasteiger partial charge on any atom is -0.380 e. The van der Waals surface area contributed by atoms with Crippen LogP contribution in [-0.2, 0) is 4.74 Å². The quantitative estimate of drug-likeness (QED) is 0.882. The Kier molecular flexibility index (Phi) is 5.67. The van der Waals surface area contributed by atoms with Crippen molar-refractivity contribution in [3.05, 3.63) is 66.2 Å². The summed E-state index contributed by atoms with van der Waals surface area (Å²) in [5, 5.41) is 3.74. The van der Waals surface area contributed by atoms with Crippen LogP contribution in [0.15, 0.2) is 60.7 Å². The lowest BCUT2D eigenvalue weighted by atomic mass is 9.92. The van der Waals surface area contributed by atoms with E-state index in [1.165, 1.54) is 11.3 Å². The molecule has 1 aliphatic rings. The number of benzene rings is 2. The first-order chi connectivity index (χ1) is 11.3. The zero-order valence-electron chi connectivity index (χ0n) is 13.8. The Morgan fingerprint density at radius 1 is 0.957 bits per heavy atom. The molecule has 1 heterocycles. The van der Waals surface area contributed by atoms with Crippen molar-refractivity contribution >= 4 is 5.69 Å². The van der Waals surface area contributed by atoms with E-state index in [9.17, 15) is 0 Å². The van der Waals surface area contributed by atoms with E-state index in [2.05, 4.69) is 77.8 Å². The minimum atomic E-state index is 0.373. The van der Waals surface area contributed by atoms with Crippen molar-refractivity contribution in [2.45, 2.75) is 18.9 Å². The van der Waals surface area contributed by atoms with Gasteiger partial charge in [0.15, 0.2) is 0 Å². The highest BCUT2D eigenvalue weighted by Crippen LogP contribution is 2.23. The Bertz CT molecular complexity index is 567. The molecule has 3 heteroatoms. The second-order valence-corrected chi connectivity index (χ2v) is 6.23. The molecule has 1 saturated heterocycles. The van der Waals surface area contributed by atoms with E-state index in [1.54, 1.807) is 0 Å². The summed E-state index contributed by atoms with van der Waals surface area (Å²) in [7, 11) is 0. The molecule has 0 bridgehead atoms. The van der Waals surface area contributed by atoms with Crippen molar-refractivity contribution in [1.82, 2.24) is 4.90 Å². The fraction of sp³-hybridized carbons (Fsp3) is 0.400. The van der Waals surface area contributed by atoms with Gasteiger partial charge in [-0.3, -0.25) is 4.90 Å². The molecule has 0 amide bonds. The average Bonchev–Trinajstić information content (AvgIpc) is 2.63. The number of morpholine rings is 1. The maximum Gasteiger partial charge on any atom is 0.0594 e. The maximum atomic E-state index is 5.48. The summed E-state index contributed by atoms with van der Waals surface area (Å²) in [5.41, 5.74) is 2.57. The number of hydrogen-bond donors (Lipinski definition) is 1. The Morgan fingerprint density at radius 2 is 1.57 bits per heavy atom. The van der Waals surface area contributed by atoms with Crippen molar-refractivity contribution < 1.29 is 4.74 Å². The number of hydrogen-bond acceptors (Lipinski definition) is 3. The lowest BCUT2D eigenvalue weighted by Crippen LogP contribution is -2.44. The topological polar surface area (TPSA) is 24.5 Å². The predicted octanol–water partition coefficient (Wildman–Crippen LogP) is 3.60. The summed E-state index contributed by atoms with van der Waals surface area (Å²) in [6.07, 6.45) is 0. The zero-order valence-corrected chi connectivity index (χ0v) is 13.8. The van der Waals surface area contributed by atoms with Gasteiger partial charge in [-0.15, -0.1) is 0 Å². The van der Waals surface area contributed by atoms with E-state index in [0.29, 0.717) is 12.0 Å². The van der Waals surface area contributed by atoms with Gasteiger partial charge < -0.3 is 10.1 Å². The summed E-state index contributed by atoms with van der Waals surface area (Å²) in [6.45, 7) is 7.09. The second kappa shape index (κ2) is 8.14. The van der Waals surface area contributed by atoms with Gasteiger partial charge in [-0.2, -0.15) is 0 Å². The Hall–Kier alpha value is -1.84. The van der Waals surface area contributed by atoms with Crippen molar-refractivity contribution in [1.29, 1.82) is 0 Å². The number of ether oxygens (including phenoxy) is 1. The largest absolute Gasteiger partial charge is 0.380 e. The monoisotopic (exact) mass is 310 g/mol. The van der Waals surface area contributed by atoms with Crippen molar-refractivity contribution in [2.75, 3.05) is 38.2 Å². The first-order valence-electron chi connectivity index (χ1n) is 8.49. The molecule has 1 aliphatic heterocycles. The van der Waals surface area contributed by atoms with E-state index in [-0.39, 0.29) is 0 Å². The summed E-state index contributed by atoms with van der Waals surface area (Å²) in [6, 6.07) is 21.7. The summed E-state index contributed by atoms with van der Waals surface area (Å²) >= 11 is 0. The van der Waals surface area contributed by atoms with Crippen LogP contribution in [0.2, 0.25) is 0 Å². The third-order valence-electron chi connectivity index (χ3n) is 4.61. The van der Waals surface area contributed by atoms with Gasteiger partial charge in [0.2, 0.25) is 0 Å². The van der Waals surface area contributed by atoms with Crippen LogP contribution in [-0.4, -0.2) is 43.8 Å². The highest BCUT2D eigenvalue weighted by molar-refractivity contribution is 5.44. The van der Waals surface area contributed by atoms with Gasteiger partial charge >= 0.3 is 0 Å². The first kappa shape index (κ1) is 16.0. The van der Waals surface area contributed by atoms with E-state index < -0.39 is 0 Å². The average molecular weight is 310 g/mol. The third-order valence-corrected chi connectivity index (χ3v) is 4.61. The van der Waals surface area contributed by atoms with Crippen LogP contribution in [0.4, 0.5) is 5.69 Å². The summed E-state index contributed by atoms with van der Waals surface area (Å²) in [4.78, 5) is 2.50. The summed E-state index contributed by atoms with van der Waals surface area (Å²) < 4.78 is 5.48. The van der Waals surface area contributed by atoms with Crippen molar-refractivity contribution in [3.8, 4) is 0 Å². The lowest BCUT2D eigenvalue weighted by Gasteiger charge is -2.34. The molecule has 2 aromatic carbocycles. The molecule has 0 aliphatic carbocycles. The third kappa shape index (κ3) is 4.57. The molecule has 3 nitrogen and oxygen atoms in total. The van der Waals surface area contributed by atoms with Gasteiger partial charge in [-0.25, -0.2) is 0 Å². The molecule has 0 unspecified atom stereocenters. The highest BCUT2D eigenvalue weighted by atomic mass is 16.5. The fourth-order valence-corrected chi connectivity index (χ4v) is 3.13. The molecule has 2 atom stereocenters. The fourth-order valence-electron chi connectivity index (χ4n) is 3.13. The number of anilines is 1. The standard InChI is InChI=1S/C20H26N2O/c1-17(18-8-4-2-5-9-18)20(16-22-12-14-23-15-13-22)21-19-10-6-3-7-11-19/h2-11,17,20-21H,12-16H2,1H3/t17-,20+/m0/s1. The van der Waals surface area contributed by atoms with Gasteiger partial charge in [0.25, 0.3) is 0 Å². The predicted molar refractivity (Wildman–Crippen MR) is 96.0 cm³/mol. The van der Waals surface area contributed by atoms with Gasteiger partial charge in [0.05, 0.1) is 13.2 Å². The van der Waals surface area contributed by atoms with Crippen LogP contribution < -0.4 is 5.32 Å². The molecule has 1 N–H and O–H groups in total. The molecule has 0 aromatic heterocycles. The molecule has 3 rings (SSSR count). The number of para-hydroxylation sites is 1. The molecule has 23 heavy (non-hydrogen) atoms. The molecule has 122 valence electrons. The first-order valence-corrected chi connectivity index (χ1v) is 8.49. The van der Waals surface area contributed by atoms with Crippen LogP contribution >= 0.6 is 0 Å². The Balaban J connectivity index is 1.74. The van der Waals surface area contributed by atoms with Crippen LogP contribution in [0.3, 0.4) is 0 Å². The van der Waals surface area contributed by atoms with E-state index >= 15 is 0 Å². The smallest absolute Gasteiger partial charge is 0.0594 e. The van der Waals surface area contributed by atoms with Gasteiger partial charge in [0, 0.05) is 37.3 Å². The van der Waals surface area contributed by atoms with Gasteiger partial charge in [0.1, 0.15) is 0 Å². The highest BCUT2D eigenvalue weighted by Gasteiger charge is 2.23. The zero-order chi connectivity index (χ0) is 15.9. The molecule has 0 spiro atoms. The van der Waals surface area contributed by atoms with E-state index in [1.807, 2.05) is 0 Å². The summed E-state index contributed by atoms with van der Waals surface area (Å²) in [5.74, 6) is 0.444. The van der Waals surface area contributed by atoms with Crippen LogP contribution in [0, 0.1) is 0 Å². The molecule has 2 aromatic rings. The van der Waals surface area contributed by atoms with Crippen molar-refractivity contribution in [2.24, 2.45) is 0 Å². The van der Waals surface area contributed by atoms with Crippen molar-refractivity contribution in [3.63, 3.8) is 0 Å². The van der Waals surface area contributed by atoms with Gasteiger partial charge in [-0.1, -0.05) is 55.5 Å². The number of rotatable bonds is 6. The molecular weight excluding hydrogens is 284 g/mol. The minimum absolute atomic E-state index is 0.373. The molecule has 0 saturated carbocycles. The Morgan fingerprint density at radius 3 is 2.22 bits per heavy atom. The van der Waals surface area contributed by atoms with E-state index in [0.717, 1.165) is 32.8 Å². The SMILES string of the molecule is C[C@@H](c1ccccc1)[C@@H](CN1CCOCC1)Nc1ccccc1. The molecule has 0 radical (unpaired) electrons.